The number of para-hydroxylation sites is 1. The van der Waals surface area contributed by atoms with E-state index in [1.165, 1.54) is 18.2 Å². The highest BCUT2D eigenvalue weighted by Crippen LogP contribution is 2.41. The second-order valence-corrected chi connectivity index (χ2v) is 10.4. The zero-order valence-electron chi connectivity index (χ0n) is 21.4. The molecule has 0 aromatic heterocycles. The average molecular weight is 511 g/mol. The third-order valence-electron chi connectivity index (χ3n) is 8.16. The first-order chi connectivity index (χ1) is 18.0. The van der Waals surface area contributed by atoms with Gasteiger partial charge in [0.05, 0.1) is 23.8 Å². The van der Waals surface area contributed by atoms with E-state index < -0.39 is 0 Å². The summed E-state index contributed by atoms with van der Waals surface area (Å²) in [5.74, 6) is 0.182. The number of ether oxygens (including phenoxy) is 1. The lowest BCUT2D eigenvalue weighted by molar-refractivity contribution is -0.384. The Balaban J connectivity index is 1.35. The molecule has 0 radical (unpaired) electrons. The zero-order chi connectivity index (χ0) is 25.9. The second kappa shape index (κ2) is 11.0. The first-order valence-corrected chi connectivity index (χ1v) is 13.4. The summed E-state index contributed by atoms with van der Waals surface area (Å²) in [4.78, 5) is 31.9. The molecule has 1 amide bonds. The monoisotopic (exact) mass is 510 g/mol. The van der Waals surface area contributed by atoms with Crippen LogP contribution in [0.25, 0.3) is 0 Å². The maximum absolute atomic E-state index is 13.9. The number of anilines is 2. The molecule has 1 saturated heterocycles. The molecule has 2 aromatic carbocycles. The highest BCUT2D eigenvalue weighted by molar-refractivity contribution is 5.99. The molecule has 2 heterocycles. The zero-order valence-corrected chi connectivity index (χ0v) is 21.4. The largest absolute Gasteiger partial charge is 0.494 e. The van der Waals surface area contributed by atoms with E-state index in [0.29, 0.717) is 18.0 Å². The van der Waals surface area contributed by atoms with E-state index in [2.05, 4.69) is 9.80 Å². The third-order valence-corrected chi connectivity index (χ3v) is 8.16. The summed E-state index contributed by atoms with van der Waals surface area (Å²) in [5.41, 5.74) is 2.30. The van der Waals surface area contributed by atoms with Gasteiger partial charge in [-0.15, -0.1) is 0 Å². The van der Waals surface area contributed by atoms with Gasteiger partial charge in [-0.25, -0.2) is 4.39 Å². The molecule has 2 aromatic rings. The summed E-state index contributed by atoms with van der Waals surface area (Å²) in [6, 6.07) is 9.68. The summed E-state index contributed by atoms with van der Waals surface area (Å²) in [6.45, 7) is 3.75. The van der Waals surface area contributed by atoms with Crippen molar-refractivity contribution in [2.24, 2.45) is 5.92 Å². The minimum absolute atomic E-state index is 0.0274. The normalized spacial score (nSPS) is 21.0. The Kier molecular flexibility index (Phi) is 7.60. The highest BCUT2D eigenvalue weighted by atomic mass is 19.1. The van der Waals surface area contributed by atoms with Crippen molar-refractivity contribution in [2.45, 2.75) is 51.0 Å². The number of fused-ring (bicyclic) bond motifs is 1. The first kappa shape index (κ1) is 25.4. The number of piperazine rings is 1. The number of nitro groups is 1. The van der Waals surface area contributed by atoms with Gasteiger partial charge in [-0.2, -0.15) is 0 Å². The molecule has 2 fully saturated rings. The van der Waals surface area contributed by atoms with Crippen LogP contribution in [-0.4, -0.2) is 61.6 Å². The summed E-state index contributed by atoms with van der Waals surface area (Å²) in [6.07, 6.45) is 6.45. The number of methoxy groups -OCH3 is 1. The smallest absolute Gasteiger partial charge is 0.293 e. The number of nitrogens with zero attached hydrogens (tertiary/aromatic N) is 4. The summed E-state index contributed by atoms with van der Waals surface area (Å²) >= 11 is 0. The molecule has 1 aliphatic carbocycles. The molecule has 1 atom stereocenters. The van der Waals surface area contributed by atoms with Gasteiger partial charge in [0.25, 0.3) is 5.69 Å². The Morgan fingerprint density at radius 2 is 1.84 bits per heavy atom. The molecule has 1 saturated carbocycles. The van der Waals surface area contributed by atoms with Crippen molar-refractivity contribution in [1.82, 2.24) is 4.90 Å². The van der Waals surface area contributed by atoms with Crippen LogP contribution in [0.1, 0.15) is 44.1 Å². The summed E-state index contributed by atoms with van der Waals surface area (Å²) in [7, 11) is 1.55. The number of rotatable bonds is 6. The minimum Gasteiger partial charge on any atom is -0.494 e. The van der Waals surface area contributed by atoms with E-state index >= 15 is 0 Å². The molecule has 0 N–H and O–H groups in total. The van der Waals surface area contributed by atoms with Gasteiger partial charge in [-0.1, -0.05) is 31.4 Å². The average Bonchev–Trinajstić information content (AvgIpc) is 2.93. The third kappa shape index (κ3) is 5.28. The molecule has 2 aliphatic heterocycles. The molecule has 0 bridgehead atoms. The van der Waals surface area contributed by atoms with E-state index in [-0.39, 0.29) is 34.3 Å². The van der Waals surface area contributed by atoms with Crippen LogP contribution in [-0.2, 0) is 11.2 Å². The van der Waals surface area contributed by atoms with Crippen LogP contribution in [0.15, 0.2) is 36.4 Å². The first-order valence-electron chi connectivity index (χ1n) is 13.4. The number of nitro benzene ring substituents is 1. The van der Waals surface area contributed by atoms with E-state index in [0.717, 1.165) is 82.4 Å². The van der Waals surface area contributed by atoms with Gasteiger partial charge in [-0.3, -0.25) is 19.8 Å². The van der Waals surface area contributed by atoms with Crippen molar-refractivity contribution in [3.63, 3.8) is 0 Å². The van der Waals surface area contributed by atoms with Gasteiger partial charge >= 0.3 is 0 Å². The Morgan fingerprint density at radius 1 is 1.08 bits per heavy atom. The predicted octanol–water partition coefficient (Wildman–Crippen LogP) is 4.79. The Labute approximate surface area is 217 Å². The van der Waals surface area contributed by atoms with Crippen molar-refractivity contribution in [3.8, 4) is 5.75 Å². The van der Waals surface area contributed by atoms with Gasteiger partial charge in [0.2, 0.25) is 5.91 Å². The van der Waals surface area contributed by atoms with Crippen molar-refractivity contribution >= 4 is 23.0 Å². The molecule has 198 valence electrons. The van der Waals surface area contributed by atoms with Crippen molar-refractivity contribution in [2.75, 3.05) is 49.6 Å². The van der Waals surface area contributed by atoms with Gasteiger partial charge in [0.15, 0.2) is 0 Å². The lowest BCUT2D eigenvalue weighted by Crippen LogP contribution is -2.55. The quantitative estimate of drug-likeness (QED) is 0.411. The Morgan fingerprint density at radius 3 is 2.54 bits per heavy atom. The predicted molar refractivity (Wildman–Crippen MR) is 141 cm³/mol. The number of amides is 1. The van der Waals surface area contributed by atoms with Gasteiger partial charge in [-0.05, 0) is 43.4 Å². The fourth-order valence-corrected chi connectivity index (χ4v) is 6.23. The van der Waals surface area contributed by atoms with E-state index in [4.69, 9.17) is 4.74 Å². The maximum Gasteiger partial charge on any atom is 0.293 e. The SMILES string of the molecule is COc1cc(F)ccc1N1CCN(CC2CCc3cccc([N+](=O)[O-])c3N2C(=O)C2CCCCC2)CC1. The van der Waals surface area contributed by atoms with Gasteiger partial charge < -0.3 is 14.5 Å². The lowest BCUT2D eigenvalue weighted by atomic mass is 9.86. The van der Waals surface area contributed by atoms with Gasteiger partial charge in [0, 0.05) is 50.8 Å². The molecule has 37 heavy (non-hydrogen) atoms. The number of hydrogen-bond acceptors (Lipinski definition) is 6. The fourth-order valence-electron chi connectivity index (χ4n) is 6.23. The van der Waals surface area contributed by atoms with Crippen LogP contribution in [0.5, 0.6) is 5.75 Å². The molecular formula is C28H35FN4O4. The van der Waals surface area contributed by atoms with Crippen LogP contribution < -0.4 is 14.5 Å². The summed E-state index contributed by atoms with van der Waals surface area (Å²) in [5, 5.41) is 12.0. The van der Waals surface area contributed by atoms with E-state index in [1.54, 1.807) is 19.2 Å². The fraction of sp³-hybridized carbons (Fsp3) is 0.536. The Bertz CT molecular complexity index is 1140. The summed E-state index contributed by atoms with van der Waals surface area (Å²) < 4.78 is 19.1. The molecule has 3 aliphatic rings. The highest BCUT2D eigenvalue weighted by Gasteiger charge is 2.40. The Hall–Kier alpha value is -3.20. The minimum atomic E-state index is -0.350. The van der Waals surface area contributed by atoms with Crippen molar-refractivity contribution in [1.29, 1.82) is 0 Å². The maximum atomic E-state index is 13.9. The molecule has 5 rings (SSSR count). The topological polar surface area (TPSA) is 79.2 Å². The van der Waals surface area contributed by atoms with Crippen molar-refractivity contribution in [3.05, 3.63) is 57.9 Å². The molecule has 9 heteroatoms. The van der Waals surface area contributed by atoms with E-state index in [1.807, 2.05) is 11.0 Å². The second-order valence-electron chi connectivity index (χ2n) is 10.4. The van der Waals surface area contributed by atoms with Crippen LogP contribution in [0.3, 0.4) is 0 Å². The number of carbonyl (C=O) groups excluding carboxylic acids is 1. The molecular weight excluding hydrogens is 475 g/mol. The molecule has 1 unspecified atom stereocenters. The number of carbonyl (C=O) groups is 1. The van der Waals surface area contributed by atoms with E-state index in [9.17, 15) is 19.3 Å². The van der Waals surface area contributed by atoms with Crippen LogP contribution >= 0.6 is 0 Å². The van der Waals surface area contributed by atoms with Crippen LogP contribution in [0, 0.1) is 21.8 Å². The van der Waals surface area contributed by atoms with Crippen LogP contribution in [0.2, 0.25) is 0 Å². The number of aryl methyl sites for hydroxylation is 1. The standard InChI is InChI=1S/C28H35FN4O4/c1-37-26-18-22(29)11-13-24(26)31-16-14-30(15-17-31)19-23-12-10-20-8-5-9-25(33(35)36)27(20)32(23)28(34)21-6-3-2-4-7-21/h5,8-9,11,13,18,21,23H,2-4,6-7,10,12,14-17,19H2,1H3. The molecule has 0 spiro atoms. The molecule has 8 nitrogen and oxygen atoms in total. The number of hydrogen-bond donors (Lipinski definition) is 0. The lowest BCUT2D eigenvalue weighted by Gasteiger charge is -2.43. The number of benzene rings is 2. The van der Waals surface area contributed by atoms with Gasteiger partial charge in [0.1, 0.15) is 17.3 Å². The number of halogens is 1. The van der Waals surface area contributed by atoms with Crippen molar-refractivity contribution < 1.29 is 18.8 Å². The van der Waals surface area contributed by atoms with Crippen LogP contribution in [0.4, 0.5) is 21.5 Å².